The average molecular weight is 436 g/mol. The van der Waals surface area contributed by atoms with Gasteiger partial charge in [-0.05, 0) is 42.3 Å². The third-order valence-corrected chi connectivity index (χ3v) is 4.84. The number of nitrogens with zero attached hydrogens (tertiary/aromatic N) is 3. The maximum absolute atomic E-state index is 12.5. The monoisotopic (exact) mass is 435 g/mol. The predicted octanol–water partition coefficient (Wildman–Crippen LogP) is 4.60. The van der Waals surface area contributed by atoms with Gasteiger partial charge in [0.05, 0.1) is 11.4 Å². The maximum Gasteiger partial charge on any atom is 0.224 e. The highest BCUT2D eigenvalue weighted by Gasteiger charge is 2.11. The summed E-state index contributed by atoms with van der Waals surface area (Å²) in [6, 6.07) is 19.8. The van der Waals surface area contributed by atoms with Gasteiger partial charge in [-0.2, -0.15) is 5.10 Å². The number of hydrogen-bond acceptors (Lipinski definition) is 3. The SMILES string of the molecule is O=C(CCc1ccc(-c2ccccc2)[nH]1)Nc1cc(Br)ccc1-n1cncn1. The van der Waals surface area contributed by atoms with Crippen molar-refractivity contribution in [2.75, 3.05) is 5.32 Å². The molecule has 2 aromatic heterocycles. The largest absolute Gasteiger partial charge is 0.358 e. The quantitative estimate of drug-likeness (QED) is 0.464. The summed E-state index contributed by atoms with van der Waals surface area (Å²) >= 11 is 3.45. The van der Waals surface area contributed by atoms with Gasteiger partial charge in [-0.1, -0.05) is 46.3 Å². The summed E-state index contributed by atoms with van der Waals surface area (Å²) < 4.78 is 2.50. The first-order valence-corrected chi connectivity index (χ1v) is 9.66. The molecule has 2 N–H and O–H groups in total. The van der Waals surface area contributed by atoms with Crippen LogP contribution in [0.3, 0.4) is 0 Å². The molecule has 0 radical (unpaired) electrons. The Labute approximate surface area is 170 Å². The van der Waals surface area contributed by atoms with Crippen molar-refractivity contribution in [3.63, 3.8) is 0 Å². The van der Waals surface area contributed by atoms with Crippen LogP contribution in [0.5, 0.6) is 0 Å². The molecule has 0 atom stereocenters. The van der Waals surface area contributed by atoms with Crippen molar-refractivity contribution in [1.82, 2.24) is 19.7 Å². The Bertz CT molecular complexity index is 1070. The fourth-order valence-electron chi connectivity index (χ4n) is 2.97. The van der Waals surface area contributed by atoms with Crippen molar-refractivity contribution in [2.24, 2.45) is 0 Å². The fraction of sp³-hybridized carbons (Fsp3) is 0.0952. The molecule has 2 heterocycles. The summed E-state index contributed by atoms with van der Waals surface area (Å²) in [7, 11) is 0. The van der Waals surface area contributed by atoms with Crippen molar-refractivity contribution in [3.8, 4) is 16.9 Å². The number of amides is 1. The number of rotatable bonds is 6. The number of carbonyl (C=O) groups is 1. The van der Waals surface area contributed by atoms with Gasteiger partial charge in [0.25, 0.3) is 0 Å². The van der Waals surface area contributed by atoms with Gasteiger partial charge in [-0.3, -0.25) is 4.79 Å². The van der Waals surface area contributed by atoms with E-state index in [1.54, 1.807) is 11.0 Å². The molecule has 0 saturated heterocycles. The smallest absolute Gasteiger partial charge is 0.224 e. The summed E-state index contributed by atoms with van der Waals surface area (Å²) in [5, 5.41) is 7.12. The van der Waals surface area contributed by atoms with Gasteiger partial charge in [-0.25, -0.2) is 9.67 Å². The molecule has 0 unspecified atom stereocenters. The molecule has 140 valence electrons. The average Bonchev–Trinajstić information content (AvgIpc) is 3.39. The van der Waals surface area contributed by atoms with Crippen molar-refractivity contribution in [1.29, 1.82) is 0 Å². The molecule has 0 fully saturated rings. The lowest BCUT2D eigenvalue weighted by Gasteiger charge is -2.11. The van der Waals surface area contributed by atoms with Crippen LogP contribution in [0.25, 0.3) is 16.9 Å². The second-order valence-electron chi connectivity index (χ2n) is 6.31. The Hall–Kier alpha value is -3.19. The number of aromatic nitrogens is 4. The van der Waals surface area contributed by atoms with Crippen LogP contribution in [0.4, 0.5) is 5.69 Å². The first kappa shape index (κ1) is 18.2. The number of hydrogen-bond donors (Lipinski definition) is 2. The lowest BCUT2D eigenvalue weighted by atomic mass is 10.2. The van der Waals surface area contributed by atoms with Crippen LogP contribution >= 0.6 is 15.9 Å². The van der Waals surface area contributed by atoms with E-state index in [0.29, 0.717) is 18.5 Å². The molecule has 0 spiro atoms. The molecule has 4 aromatic rings. The van der Waals surface area contributed by atoms with E-state index in [0.717, 1.165) is 27.1 Å². The molecular weight excluding hydrogens is 418 g/mol. The Kier molecular flexibility index (Phi) is 5.34. The topological polar surface area (TPSA) is 75.6 Å². The molecular formula is C21H18BrN5O. The van der Waals surface area contributed by atoms with Crippen LogP contribution in [0.1, 0.15) is 12.1 Å². The Morgan fingerprint density at radius 3 is 2.75 bits per heavy atom. The molecule has 0 bridgehead atoms. The highest BCUT2D eigenvalue weighted by Crippen LogP contribution is 2.25. The van der Waals surface area contributed by atoms with Crippen LogP contribution < -0.4 is 5.32 Å². The Balaban J connectivity index is 1.42. The first-order chi connectivity index (χ1) is 13.7. The van der Waals surface area contributed by atoms with E-state index in [2.05, 4.69) is 48.4 Å². The van der Waals surface area contributed by atoms with Gasteiger partial charge in [-0.15, -0.1) is 0 Å². The maximum atomic E-state index is 12.5. The lowest BCUT2D eigenvalue weighted by molar-refractivity contribution is -0.116. The van der Waals surface area contributed by atoms with Crippen LogP contribution in [0.2, 0.25) is 0 Å². The Morgan fingerprint density at radius 2 is 1.96 bits per heavy atom. The number of benzene rings is 2. The van der Waals surface area contributed by atoms with E-state index in [9.17, 15) is 4.79 Å². The predicted molar refractivity (Wildman–Crippen MR) is 112 cm³/mol. The number of nitrogens with one attached hydrogen (secondary N) is 2. The van der Waals surface area contributed by atoms with Crippen LogP contribution in [-0.2, 0) is 11.2 Å². The van der Waals surface area contributed by atoms with E-state index in [1.807, 2.05) is 48.5 Å². The first-order valence-electron chi connectivity index (χ1n) is 8.87. The number of aryl methyl sites for hydroxylation is 1. The van der Waals surface area contributed by atoms with Crippen molar-refractivity contribution < 1.29 is 4.79 Å². The normalized spacial score (nSPS) is 10.8. The zero-order valence-electron chi connectivity index (χ0n) is 15.0. The lowest BCUT2D eigenvalue weighted by Crippen LogP contribution is -2.14. The van der Waals surface area contributed by atoms with E-state index in [4.69, 9.17) is 0 Å². The summed E-state index contributed by atoms with van der Waals surface area (Å²) in [5.41, 5.74) is 4.66. The molecule has 2 aromatic carbocycles. The minimum absolute atomic E-state index is 0.0599. The second kappa shape index (κ2) is 8.22. The van der Waals surface area contributed by atoms with Gasteiger partial charge in [0.2, 0.25) is 5.91 Å². The number of anilines is 1. The molecule has 7 heteroatoms. The minimum Gasteiger partial charge on any atom is -0.358 e. The van der Waals surface area contributed by atoms with Gasteiger partial charge < -0.3 is 10.3 Å². The highest BCUT2D eigenvalue weighted by atomic mass is 79.9. The van der Waals surface area contributed by atoms with Crippen molar-refractivity contribution >= 4 is 27.5 Å². The second-order valence-corrected chi connectivity index (χ2v) is 7.23. The molecule has 1 amide bonds. The summed E-state index contributed by atoms with van der Waals surface area (Å²) in [5.74, 6) is -0.0599. The van der Waals surface area contributed by atoms with Crippen LogP contribution in [0, 0.1) is 0 Å². The molecule has 0 aliphatic heterocycles. The molecule has 0 saturated carbocycles. The van der Waals surface area contributed by atoms with E-state index < -0.39 is 0 Å². The number of H-pyrrole nitrogens is 1. The van der Waals surface area contributed by atoms with Gasteiger partial charge >= 0.3 is 0 Å². The summed E-state index contributed by atoms with van der Waals surface area (Å²) in [4.78, 5) is 19.9. The third-order valence-electron chi connectivity index (χ3n) is 4.35. The zero-order valence-corrected chi connectivity index (χ0v) is 16.6. The van der Waals surface area contributed by atoms with E-state index >= 15 is 0 Å². The summed E-state index contributed by atoms with van der Waals surface area (Å²) in [6.45, 7) is 0. The molecule has 0 aliphatic carbocycles. The Morgan fingerprint density at radius 1 is 1.11 bits per heavy atom. The van der Waals surface area contributed by atoms with Crippen molar-refractivity contribution in [2.45, 2.75) is 12.8 Å². The molecule has 28 heavy (non-hydrogen) atoms. The van der Waals surface area contributed by atoms with Gasteiger partial charge in [0, 0.05) is 22.3 Å². The van der Waals surface area contributed by atoms with Crippen LogP contribution in [0.15, 0.2) is 77.8 Å². The number of halogens is 1. The number of aromatic amines is 1. The molecule has 0 aliphatic rings. The van der Waals surface area contributed by atoms with Crippen LogP contribution in [-0.4, -0.2) is 25.7 Å². The van der Waals surface area contributed by atoms with E-state index in [-0.39, 0.29) is 5.91 Å². The zero-order chi connectivity index (χ0) is 19.3. The number of carbonyl (C=O) groups excluding carboxylic acids is 1. The highest BCUT2D eigenvalue weighted by molar-refractivity contribution is 9.10. The molecule has 6 nitrogen and oxygen atoms in total. The third kappa shape index (κ3) is 4.20. The fourth-order valence-corrected chi connectivity index (χ4v) is 3.33. The van der Waals surface area contributed by atoms with Gasteiger partial charge in [0.15, 0.2) is 0 Å². The molecule has 4 rings (SSSR count). The van der Waals surface area contributed by atoms with Gasteiger partial charge in [0.1, 0.15) is 12.7 Å². The minimum atomic E-state index is -0.0599. The summed E-state index contributed by atoms with van der Waals surface area (Å²) in [6.07, 6.45) is 4.07. The van der Waals surface area contributed by atoms with E-state index in [1.165, 1.54) is 6.33 Å². The standard InChI is InChI=1S/C21H18BrN5O/c22-16-6-10-20(27-14-23-13-24-27)19(12-16)26-21(28)11-8-17-7-9-18(25-17)15-4-2-1-3-5-15/h1-7,9-10,12-14,25H,8,11H2,(H,26,28). The van der Waals surface area contributed by atoms with Crippen molar-refractivity contribution in [3.05, 3.63) is 83.5 Å².